The van der Waals surface area contributed by atoms with Crippen molar-refractivity contribution in [3.05, 3.63) is 35.4 Å². The molecular weight excluding hydrogens is 238 g/mol. The van der Waals surface area contributed by atoms with Crippen LogP contribution < -0.4 is 16.0 Å². The van der Waals surface area contributed by atoms with E-state index in [-0.39, 0.29) is 0 Å². The molecular formula is C15H26N3O+. The molecule has 0 aliphatic heterocycles. The number of ether oxygens (including phenoxy) is 1. The number of hydrogen-bond acceptors (Lipinski definition) is 2. The SMILES string of the molecule is CNCCCc1ccc(CCC[NH+]=C(N)OC)cc1. The molecule has 0 aliphatic rings. The molecule has 0 aromatic heterocycles. The van der Waals surface area contributed by atoms with Crippen molar-refractivity contribution in [3.8, 4) is 0 Å². The molecule has 19 heavy (non-hydrogen) atoms. The number of hydrogen-bond donors (Lipinski definition) is 3. The van der Waals surface area contributed by atoms with Crippen LogP contribution in [0.3, 0.4) is 0 Å². The van der Waals surface area contributed by atoms with Crippen LogP contribution in [0.5, 0.6) is 0 Å². The van der Waals surface area contributed by atoms with E-state index in [1.165, 1.54) is 17.5 Å². The molecule has 0 radical (unpaired) electrons. The average molecular weight is 264 g/mol. The molecule has 0 unspecified atom stereocenters. The Morgan fingerprint density at radius 3 is 2.26 bits per heavy atom. The van der Waals surface area contributed by atoms with E-state index in [4.69, 9.17) is 10.5 Å². The number of nitrogens with one attached hydrogen (secondary N) is 2. The summed E-state index contributed by atoms with van der Waals surface area (Å²) >= 11 is 0. The number of amidine groups is 1. The van der Waals surface area contributed by atoms with Gasteiger partial charge in [0, 0.05) is 0 Å². The molecule has 0 saturated carbocycles. The van der Waals surface area contributed by atoms with Gasteiger partial charge in [-0.15, -0.1) is 0 Å². The molecule has 0 spiro atoms. The summed E-state index contributed by atoms with van der Waals surface area (Å²) in [7, 11) is 3.56. The summed E-state index contributed by atoms with van der Waals surface area (Å²) in [6.07, 6.45) is 4.43. The minimum absolute atomic E-state index is 0.389. The van der Waals surface area contributed by atoms with Crippen LogP contribution in [0.25, 0.3) is 0 Å². The summed E-state index contributed by atoms with van der Waals surface area (Å²) < 4.78 is 4.84. The molecule has 0 aliphatic carbocycles. The van der Waals surface area contributed by atoms with Gasteiger partial charge in [0.2, 0.25) is 0 Å². The highest BCUT2D eigenvalue weighted by Gasteiger charge is 1.97. The van der Waals surface area contributed by atoms with Gasteiger partial charge in [-0.05, 0) is 50.4 Å². The lowest BCUT2D eigenvalue weighted by molar-refractivity contribution is -0.468. The van der Waals surface area contributed by atoms with E-state index in [0.717, 1.165) is 32.4 Å². The second-order valence-corrected chi connectivity index (χ2v) is 4.62. The fourth-order valence-electron chi connectivity index (χ4n) is 1.92. The van der Waals surface area contributed by atoms with Crippen molar-refractivity contribution in [1.29, 1.82) is 0 Å². The van der Waals surface area contributed by atoms with E-state index in [2.05, 4.69) is 34.6 Å². The zero-order valence-corrected chi connectivity index (χ0v) is 12.0. The van der Waals surface area contributed by atoms with Crippen molar-refractivity contribution in [2.45, 2.75) is 25.7 Å². The Labute approximate surface area is 116 Å². The standard InChI is InChI=1S/C15H25N3O/c1-17-11-3-5-13-7-9-14(10-8-13)6-4-12-18-15(16)19-2/h7-10,17H,3-6,11-12H2,1-2H3,(H2,16,18)/p+1. The largest absolute Gasteiger partial charge is 0.439 e. The second kappa shape index (κ2) is 9.39. The summed E-state index contributed by atoms with van der Waals surface area (Å²) in [4.78, 5) is 3.01. The van der Waals surface area contributed by atoms with Crippen LogP contribution in [0, 0.1) is 0 Å². The summed E-state index contributed by atoms with van der Waals surface area (Å²) in [5.41, 5.74) is 8.29. The summed E-state index contributed by atoms with van der Waals surface area (Å²) in [6.45, 7) is 1.91. The van der Waals surface area contributed by atoms with Crippen LogP contribution in [0.2, 0.25) is 0 Å². The van der Waals surface area contributed by atoms with Gasteiger partial charge in [-0.1, -0.05) is 24.3 Å². The fourth-order valence-corrected chi connectivity index (χ4v) is 1.92. The normalized spacial score (nSPS) is 11.6. The maximum Gasteiger partial charge on any atom is 0.439 e. The minimum atomic E-state index is 0.389. The number of benzene rings is 1. The fraction of sp³-hybridized carbons (Fsp3) is 0.533. The first-order chi connectivity index (χ1) is 9.26. The van der Waals surface area contributed by atoms with Crippen LogP contribution in [-0.2, 0) is 17.6 Å². The summed E-state index contributed by atoms with van der Waals surface area (Å²) in [5, 5.41) is 3.17. The zero-order valence-electron chi connectivity index (χ0n) is 12.0. The highest BCUT2D eigenvalue weighted by Crippen LogP contribution is 2.08. The lowest BCUT2D eigenvalue weighted by Gasteiger charge is -2.03. The van der Waals surface area contributed by atoms with Gasteiger partial charge in [0.25, 0.3) is 0 Å². The van der Waals surface area contributed by atoms with E-state index < -0.39 is 0 Å². The third-order valence-electron chi connectivity index (χ3n) is 3.08. The van der Waals surface area contributed by atoms with Crippen LogP contribution in [0.15, 0.2) is 24.3 Å². The van der Waals surface area contributed by atoms with E-state index in [9.17, 15) is 0 Å². The molecule has 1 rings (SSSR count). The van der Waals surface area contributed by atoms with Crippen molar-refractivity contribution in [2.24, 2.45) is 5.73 Å². The van der Waals surface area contributed by atoms with E-state index >= 15 is 0 Å². The molecule has 0 saturated heterocycles. The highest BCUT2D eigenvalue weighted by molar-refractivity contribution is 5.64. The number of aryl methyl sites for hydroxylation is 2. The third kappa shape index (κ3) is 6.82. The Hall–Kier alpha value is -1.55. The van der Waals surface area contributed by atoms with Gasteiger partial charge in [0.1, 0.15) is 0 Å². The molecule has 0 fully saturated rings. The maximum absolute atomic E-state index is 5.51. The highest BCUT2D eigenvalue weighted by atomic mass is 16.5. The van der Waals surface area contributed by atoms with Gasteiger partial charge < -0.3 is 10.1 Å². The van der Waals surface area contributed by atoms with Crippen LogP contribution in [0.1, 0.15) is 24.0 Å². The predicted octanol–water partition coefficient (Wildman–Crippen LogP) is -0.187. The topological polar surface area (TPSA) is 61.2 Å². The molecule has 1 aromatic rings. The van der Waals surface area contributed by atoms with Gasteiger partial charge in [-0.2, -0.15) is 0 Å². The van der Waals surface area contributed by atoms with E-state index in [1.807, 2.05) is 7.05 Å². The predicted molar refractivity (Wildman–Crippen MR) is 79.0 cm³/mol. The number of nitrogens with two attached hydrogens (primary N) is 1. The maximum atomic E-state index is 5.51. The van der Waals surface area contributed by atoms with Gasteiger partial charge in [-0.3, -0.25) is 5.73 Å². The minimum Gasteiger partial charge on any atom is -0.435 e. The second-order valence-electron chi connectivity index (χ2n) is 4.62. The molecule has 0 bridgehead atoms. The molecule has 106 valence electrons. The zero-order chi connectivity index (χ0) is 13.9. The van der Waals surface area contributed by atoms with Crippen LogP contribution >= 0.6 is 0 Å². The van der Waals surface area contributed by atoms with E-state index in [1.54, 1.807) is 7.11 Å². The Balaban J connectivity index is 2.28. The summed E-state index contributed by atoms with van der Waals surface area (Å²) in [5.74, 6) is 0. The first kappa shape index (κ1) is 15.5. The smallest absolute Gasteiger partial charge is 0.435 e. The Kier molecular flexibility index (Phi) is 7.66. The lowest BCUT2D eigenvalue weighted by atomic mass is 10.0. The summed E-state index contributed by atoms with van der Waals surface area (Å²) in [6, 6.07) is 9.29. The van der Waals surface area contributed by atoms with Gasteiger partial charge in [0.15, 0.2) is 0 Å². The number of rotatable bonds is 8. The van der Waals surface area contributed by atoms with Crippen LogP contribution in [0.4, 0.5) is 0 Å². The number of methoxy groups -OCH3 is 1. The molecule has 0 atom stereocenters. The van der Waals surface area contributed by atoms with Crippen molar-refractivity contribution in [1.82, 2.24) is 5.32 Å². The molecule has 4 N–H and O–H groups in total. The quantitative estimate of drug-likeness (QED) is 0.347. The first-order valence-electron chi connectivity index (χ1n) is 6.89. The van der Waals surface area contributed by atoms with E-state index in [0.29, 0.717) is 6.02 Å². The molecule has 0 heterocycles. The monoisotopic (exact) mass is 264 g/mol. The van der Waals surface area contributed by atoms with Crippen molar-refractivity contribution < 1.29 is 9.73 Å². The third-order valence-corrected chi connectivity index (χ3v) is 3.08. The average Bonchev–Trinajstić information content (AvgIpc) is 2.45. The van der Waals surface area contributed by atoms with Gasteiger partial charge >= 0.3 is 6.02 Å². The van der Waals surface area contributed by atoms with Crippen molar-refractivity contribution in [2.75, 3.05) is 27.2 Å². The lowest BCUT2D eigenvalue weighted by Crippen LogP contribution is -2.76. The van der Waals surface area contributed by atoms with Crippen LogP contribution in [-0.4, -0.2) is 33.3 Å². The van der Waals surface area contributed by atoms with Gasteiger partial charge in [0.05, 0.1) is 13.7 Å². The molecule has 4 heteroatoms. The Morgan fingerprint density at radius 2 is 1.74 bits per heavy atom. The Bertz CT molecular complexity index is 373. The molecule has 1 aromatic carbocycles. The molecule has 0 amide bonds. The molecule has 4 nitrogen and oxygen atoms in total. The first-order valence-corrected chi connectivity index (χ1v) is 6.89. The van der Waals surface area contributed by atoms with Gasteiger partial charge in [-0.25, -0.2) is 4.99 Å². The van der Waals surface area contributed by atoms with Crippen molar-refractivity contribution >= 4 is 6.02 Å². The Morgan fingerprint density at radius 1 is 1.16 bits per heavy atom. The van der Waals surface area contributed by atoms with Crippen molar-refractivity contribution in [3.63, 3.8) is 0 Å².